The number of alkyl halides is 2. The molecular weight excluding hydrogens is 239 g/mol. The van der Waals surface area contributed by atoms with E-state index in [4.69, 9.17) is 23.2 Å². The lowest BCUT2D eigenvalue weighted by molar-refractivity contribution is -0.160. The number of ether oxygens (including phenoxy) is 1. The highest BCUT2D eigenvalue weighted by atomic mass is 35.5. The van der Waals surface area contributed by atoms with Crippen LogP contribution in [0.3, 0.4) is 0 Å². The summed E-state index contributed by atoms with van der Waals surface area (Å²) >= 11 is 11.4. The number of hydrogen-bond donors (Lipinski definition) is 0. The Morgan fingerprint density at radius 3 is 1.33 bits per heavy atom. The molecule has 0 radical (unpaired) electrons. The number of hydrogen-bond acceptors (Lipinski definition) is 3. The quantitative estimate of drug-likeness (QED) is 0.440. The number of carbonyl (C=O) groups excluding carboxylic acids is 2. The van der Waals surface area contributed by atoms with Crippen molar-refractivity contribution in [3.63, 3.8) is 0 Å². The summed E-state index contributed by atoms with van der Waals surface area (Å²) < 4.78 is 4.55. The molecule has 0 fully saturated rings. The predicted octanol–water partition coefficient (Wildman–Crippen LogP) is 2.58. The molecule has 0 aliphatic heterocycles. The molecule has 0 bridgehead atoms. The summed E-state index contributed by atoms with van der Waals surface area (Å²) in [6.45, 7) is 7.07. The van der Waals surface area contributed by atoms with Crippen LogP contribution in [0, 0.1) is 11.8 Å². The van der Waals surface area contributed by atoms with Gasteiger partial charge >= 0.3 is 11.9 Å². The van der Waals surface area contributed by atoms with E-state index in [0.717, 1.165) is 0 Å². The van der Waals surface area contributed by atoms with Crippen LogP contribution in [-0.4, -0.2) is 22.7 Å². The van der Waals surface area contributed by atoms with Crippen molar-refractivity contribution < 1.29 is 14.3 Å². The van der Waals surface area contributed by atoms with E-state index in [0.29, 0.717) is 0 Å². The van der Waals surface area contributed by atoms with Gasteiger partial charge in [0.25, 0.3) is 0 Å². The molecule has 0 aliphatic carbocycles. The number of esters is 2. The van der Waals surface area contributed by atoms with Crippen LogP contribution < -0.4 is 0 Å². The minimum Gasteiger partial charge on any atom is -0.391 e. The first-order valence-corrected chi connectivity index (χ1v) is 5.68. The third-order valence-corrected chi connectivity index (χ3v) is 3.19. The van der Waals surface area contributed by atoms with Crippen LogP contribution >= 0.6 is 23.2 Å². The van der Waals surface area contributed by atoms with Crippen LogP contribution in [0.2, 0.25) is 0 Å². The Hall–Kier alpha value is -0.280. The molecule has 2 atom stereocenters. The fraction of sp³-hybridized carbons (Fsp3) is 0.800. The van der Waals surface area contributed by atoms with Crippen molar-refractivity contribution in [1.29, 1.82) is 0 Å². The van der Waals surface area contributed by atoms with Crippen molar-refractivity contribution in [3.05, 3.63) is 0 Å². The molecule has 3 nitrogen and oxygen atoms in total. The Bertz CT molecular complexity index is 215. The van der Waals surface area contributed by atoms with Crippen LogP contribution in [0.5, 0.6) is 0 Å². The highest BCUT2D eigenvalue weighted by Crippen LogP contribution is 2.15. The average molecular weight is 255 g/mol. The average Bonchev–Trinajstić information content (AvgIpc) is 2.14. The molecular formula is C10H16Cl2O3. The predicted molar refractivity (Wildman–Crippen MR) is 60.1 cm³/mol. The SMILES string of the molecule is CC(C)C(Cl)C(=O)OC(=O)C(Cl)C(C)C. The van der Waals surface area contributed by atoms with Gasteiger partial charge in [0.05, 0.1) is 0 Å². The molecule has 15 heavy (non-hydrogen) atoms. The molecule has 88 valence electrons. The lowest BCUT2D eigenvalue weighted by Crippen LogP contribution is -2.31. The molecule has 0 aromatic rings. The Kier molecular flexibility index (Phi) is 6.22. The maximum atomic E-state index is 11.3. The summed E-state index contributed by atoms with van der Waals surface area (Å²) in [6.07, 6.45) is 0. The third-order valence-electron chi connectivity index (χ3n) is 1.82. The Morgan fingerprint density at radius 2 is 1.13 bits per heavy atom. The summed E-state index contributed by atoms with van der Waals surface area (Å²) in [4.78, 5) is 22.6. The van der Waals surface area contributed by atoms with Gasteiger partial charge in [-0.2, -0.15) is 0 Å². The smallest absolute Gasteiger partial charge is 0.331 e. The molecule has 0 aliphatic rings. The van der Waals surface area contributed by atoms with E-state index >= 15 is 0 Å². The van der Waals surface area contributed by atoms with Gasteiger partial charge in [0.15, 0.2) is 0 Å². The number of halogens is 2. The monoisotopic (exact) mass is 254 g/mol. The van der Waals surface area contributed by atoms with Crippen LogP contribution in [0.25, 0.3) is 0 Å². The second-order valence-corrected chi connectivity index (χ2v) is 4.97. The minimum absolute atomic E-state index is 0.0835. The molecule has 0 amide bonds. The molecule has 5 heteroatoms. The van der Waals surface area contributed by atoms with E-state index in [9.17, 15) is 9.59 Å². The van der Waals surface area contributed by atoms with Gasteiger partial charge < -0.3 is 4.74 Å². The van der Waals surface area contributed by atoms with Gasteiger partial charge in [-0.05, 0) is 11.8 Å². The van der Waals surface area contributed by atoms with Crippen molar-refractivity contribution >= 4 is 35.1 Å². The zero-order chi connectivity index (χ0) is 12.2. The normalized spacial score (nSPS) is 15.2. The van der Waals surface area contributed by atoms with Gasteiger partial charge in [0.1, 0.15) is 10.8 Å². The van der Waals surface area contributed by atoms with E-state index in [-0.39, 0.29) is 11.8 Å². The summed E-state index contributed by atoms with van der Waals surface area (Å²) in [5, 5.41) is -1.63. The molecule has 0 saturated carbocycles. The first kappa shape index (κ1) is 14.7. The number of carbonyl (C=O) groups is 2. The van der Waals surface area contributed by atoms with Crippen molar-refractivity contribution in [2.75, 3.05) is 0 Å². The maximum absolute atomic E-state index is 11.3. The molecule has 0 aromatic carbocycles. The molecule has 0 N–H and O–H groups in total. The summed E-state index contributed by atoms with van der Waals surface area (Å²) in [6, 6.07) is 0. The molecule has 0 saturated heterocycles. The standard InChI is InChI=1S/C10H16Cl2O3/c1-5(2)7(11)9(13)15-10(14)8(12)6(3)4/h5-8H,1-4H3. The zero-order valence-corrected chi connectivity index (χ0v) is 10.8. The van der Waals surface area contributed by atoms with Gasteiger partial charge in [-0.1, -0.05) is 27.7 Å². The first-order valence-electron chi connectivity index (χ1n) is 4.81. The Labute approximate surface area is 100 Å². The maximum Gasteiger partial charge on any atom is 0.331 e. The summed E-state index contributed by atoms with van der Waals surface area (Å²) in [5.41, 5.74) is 0. The summed E-state index contributed by atoms with van der Waals surface area (Å²) in [7, 11) is 0. The first-order chi connectivity index (χ1) is 6.77. The number of rotatable bonds is 4. The zero-order valence-electron chi connectivity index (χ0n) is 9.29. The second kappa shape index (κ2) is 6.33. The Balaban J connectivity index is 4.25. The van der Waals surface area contributed by atoms with Crippen LogP contribution in [0.1, 0.15) is 27.7 Å². The van der Waals surface area contributed by atoms with Crippen LogP contribution in [-0.2, 0) is 14.3 Å². The van der Waals surface area contributed by atoms with E-state index in [2.05, 4.69) is 4.74 Å². The van der Waals surface area contributed by atoms with E-state index in [1.54, 1.807) is 27.7 Å². The Morgan fingerprint density at radius 1 is 0.867 bits per heavy atom. The van der Waals surface area contributed by atoms with E-state index < -0.39 is 22.7 Å². The molecule has 0 aromatic heterocycles. The van der Waals surface area contributed by atoms with E-state index in [1.807, 2.05) is 0 Å². The van der Waals surface area contributed by atoms with Crippen LogP contribution in [0.4, 0.5) is 0 Å². The van der Waals surface area contributed by atoms with Gasteiger partial charge in [-0.15, -0.1) is 23.2 Å². The lowest BCUT2D eigenvalue weighted by atomic mass is 10.1. The fourth-order valence-corrected chi connectivity index (χ4v) is 0.845. The van der Waals surface area contributed by atoms with Crippen molar-refractivity contribution in [2.24, 2.45) is 11.8 Å². The largest absolute Gasteiger partial charge is 0.391 e. The van der Waals surface area contributed by atoms with E-state index in [1.165, 1.54) is 0 Å². The highest BCUT2D eigenvalue weighted by Gasteiger charge is 2.28. The van der Waals surface area contributed by atoms with Crippen LogP contribution in [0.15, 0.2) is 0 Å². The second-order valence-electron chi connectivity index (χ2n) is 4.03. The van der Waals surface area contributed by atoms with Crippen molar-refractivity contribution in [2.45, 2.75) is 38.4 Å². The molecule has 0 heterocycles. The fourth-order valence-electron chi connectivity index (χ4n) is 0.756. The molecule has 2 unspecified atom stereocenters. The van der Waals surface area contributed by atoms with Gasteiger partial charge in [-0.25, -0.2) is 9.59 Å². The minimum atomic E-state index is -0.815. The topological polar surface area (TPSA) is 43.4 Å². The van der Waals surface area contributed by atoms with Gasteiger partial charge in [0, 0.05) is 0 Å². The van der Waals surface area contributed by atoms with Crippen molar-refractivity contribution in [3.8, 4) is 0 Å². The van der Waals surface area contributed by atoms with Gasteiger partial charge in [0.2, 0.25) is 0 Å². The molecule has 0 spiro atoms. The third kappa shape index (κ3) is 4.85. The molecule has 0 rings (SSSR count). The summed E-state index contributed by atoms with van der Waals surface area (Å²) in [5.74, 6) is -1.63. The van der Waals surface area contributed by atoms with Gasteiger partial charge in [-0.3, -0.25) is 0 Å². The highest BCUT2D eigenvalue weighted by molar-refractivity contribution is 6.33. The van der Waals surface area contributed by atoms with Crippen molar-refractivity contribution in [1.82, 2.24) is 0 Å². The lowest BCUT2D eigenvalue weighted by Gasteiger charge is -2.14.